The number of nitrogens with two attached hydrogens (primary N) is 1. The number of halogens is 2. The van der Waals surface area contributed by atoms with Crippen molar-refractivity contribution < 1.29 is 23.1 Å². The molecule has 88 valence electrons. The fraction of sp³-hybridized carbons (Fsp3) is 0.400. The summed E-state index contributed by atoms with van der Waals surface area (Å²) in [6.07, 6.45) is 0.131. The van der Waals surface area contributed by atoms with Crippen LogP contribution in [-0.4, -0.2) is 19.8 Å². The molecular formula is C10H11F2NO3. The first-order valence-electron chi connectivity index (χ1n) is 4.82. The number of fused-ring (bicyclic) bond motifs is 1. The van der Waals surface area contributed by atoms with Crippen LogP contribution < -0.4 is 15.4 Å². The van der Waals surface area contributed by atoms with Crippen LogP contribution in [0.15, 0.2) is 6.07 Å². The number of hydrogen-bond donors (Lipinski definition) is 1. The van der Waals surface area contributed by atoms with Crippen LogP contribution in [0.3, 0.4) is 0 Å². The standard InChI is InChI=1S/C10H11F2NO3/c11-7-5-8-10(15-4-3-14-8)6(9(7)12)1-2-16-13/h5H,1-4,13H2. The van der Waals surface area contributed by atoms with Gasteiger partial charge in [-0.2, -0.15) is 0 Å². The molecule has 0 saturated heterocycles. The predicted octanol–water partition coefficient (Wildman–Crippen LogP) is 1.17. The number of hydrogen-bond acceptors (Lipinski definition) is 4. The molecule has 0 atom stereocenters. The fourth-order valence-electron chi connectivity index (χ4n) is 1.58. The third-order valence-corrected chi connectivity index (χ3v) is 2.29. The average molecular weight is 231 g/mol. The zero-order chi connectivity index (χ0) is 11.5. The van der Waals surface area contributed by atoms with Crippen LogP contribution in [-0.2, 0) is 11.3 Å². The van der Waals surface area contributed by atoms with E-state index in [0.717, 1.165) is 6.07 Å². The Morgan fingerprint density at radius 1 is 1.31 bits per heavy atom. The zero-order valence-electron chi connectivity index (χ0n) is 8.46. The van der Waals surface area contributed by atoms with E-state index in [1.54, 1.807) is 0 Å². The van der Waals surface area contributed by atoms with E-state index >= 15 is 0 Å². The van der Waals surface area contributed by atoms with Crippen LogP contribution >= 0.6 is 0 Å². The fourth-order valence-corrected chi connectivity index (χ4v) is 1.58. The molecule has 2 rings (SSSR count). The molecule has 1 aliphatic heterocycles. The molecule has 1 aromatic carbocycles. The average Bonchev–Trinajstić information content (AvgIpc) is 2.30. The first-order valence-corrected chi connectivity index (χ1v) is 4.82. The van der Waals surface area contributed by atoms with E-state index in [-0.39, 0.29) is 30.1 Å². The monoisotopic (exact) mass is 231 g/mol. The lowest BCUT2D eigenvalue weighted by atomic mass is 10.1. The van der Waals surface area contributed by atoms with Crippen LogP contribution in [0.25, 0.3) is 0 Å². The van der Waals surface area contributed by atoms with Crippen molar-refractivity contribution in [1.29, 1.82) is 0 Å². The first kappa shape index (κ1) is 11.1. The molecule has 0 saturated carbocycles. The minimum Gasteiger partial charge on any atom is -0.486 e. The Balaban J connectivity index is 2.41. The molecule has 0 bridgehead atoms. The SMILES string of the molecule is NOCCc1c(F)c(F)cc2c1OCCO2. The van der Waals surface area contributed by atoms with Crippen LogP contribution in [0.5, 0.6) is 11.5 Å². The summed E-state index contributed by atoms with van der Waals surface area (Å²) in [6.45, 7) is 0.718. The largest absolute Gasteiger partial charge is 0.486 e. The van der Waals surface area contributed by atoms with Crippen LogP contribution in [0.1, 0.15) is 5.56 Å². The summed E-state index contributed by atoms with van der Waals surface area (Å²) in [5.41, 5.74) is 0.0974. The van der Waals surface area contributed by atoms with Gasteiger partial charge in [0.1, 0.15) is 13.2 Å². The number of benzene rings is 1. The summed E-state index contributed by atoms with van der Waals surface area (Å²) in [7, 11) is 0. The maximum absolute atomic E-state index is 13.5. The molecule has 1 aliphatic rings. The van der Waals surface area contributed by atoms with Gasteiger partial charge >= 0.3 is 0 Å². The maximum Gasteiger partial charge on any atom is 0.167 e. The van der Waals surface area contributed by atoms with Gasteiger partial charge < -0.3 is 14.3 Å². The van der Waals surface area contributed by atoms with Crippen molar-refractivity contribution in [2.24, 2.45) is 5.90 Å². The second-order valence-corrected chi connectivity index (χ2v) is 3.30. The van der Waals surface area contributed by atoms with E-state index in [1.165, 1.54) is 0 Å². The van der Waals surface area contributed by atoms with E-state index in [0.29, 0.717) is 13.2 Å². The third kappa shape index (κ3) is 1.94. The summed E-state index contributed by atoms with van der Waals surface area (Å²) < 4.78 is 37.2. The summed E-state index contributed by atoms with van der Waals surface area (Å²) >= 11 is 0. The molecule has 16 heavy (non-hydrogen) atoms. The Bertz CT molecular complexity index is 398. The van der Waals surface area contributed by atoms with Crippen LogP contribution in [0, 0.1) is 11.6 Å². The zero-order valence-corrected chi connectivity index (χ0v) is 8.46. The highest BCUT2D eigenvalue weighted by atomic mass is 19.2. The van der Waals surface area contributed by atoms with Gasteiger partial charge in [-0.3, -0.25) is 0 Å². The molecule has 0 amide bonds. The van der Waals surface area contributed by atoms with E-state index in [1.807, 2.05) is 0 Å². The molecule has 0 radical (unpaired) electrons. The lowest BCUT2D eigenvalue weighted by Crippen LogP contribution is -2.18. The first-order chi connectivity index (χ1) is 7.74. The van der Waals surface area contributed by atoms with Gasteiger partial charge in [-0.1, -0.05) is 0 Å². The summed E-state index contributed by atoms with van der Waals surface area (Å²) in [4.78, 5) is 4.35. The lowest BCUT2D eigenvalue weighted by Gasteiger charge is -2.21. The highest BCUT2D eigenvalue weighted by molar-refractivity contribution is 5.48. The molecule has 4 nitrogen and oxygen atoms in total. The molecule has 0 aliphatic carbocycles. The Morgan fingerprint density at radius 2 is 2.06 bits per heavy atom. The lowest BCUT2D eigenvalue weighted by molar-refractivity contribution is 0.136. The Kier molecular flexibility index (Phi) is 3.21. The second kappa shape index (κ2) is 4.63. The van der Waals surface area contributed by atoms with Gasteiger partial charge in [0.2, 0.25) is 0 Å². The highest BCUT2D eigenvalue weighted by Gasteiger charge is 2.23. The van der Waals surface area contributed by atoms with Crippen molar-refractivity contribution in [3.8, 4) is 11.5 Å². The summed E-state index contributed by atoms with van der Waals surface area (Å²) in [5.74, 6) is 3.41. The molecule has 2 N–H and O–H groups in total. The van der Waals surface area contributed by atoms with Gasteiger partial charge in [0.15, 0.2) is 23.1 Å². The molecule has 6 heteroatoms. The van der Waals surface area contributed by atoms with E-state index in [9.17, 15) is 8.78 Å². The predicted molar refractivity (Wildman–Crippen MR) is 51.2 cm³/mol. The third-order valence-electron chi connectivity index (χ3n) is 2.29. The Labute approximate surface area is 90.9 Å². The van der Waals surface area contributed by atoms with E-state index in [2.05, 4.69) is 4.84 Å². The Morgan fingerprint density at radius 3 is 2.81 bits per heavy atom. The summed E-state index contributed by atoms with van der Waals surface area (Å²) in [6, 6.07) is 0.983. The Hall–Kier alpha value is -1.40. The van der Waals surface area contributed by atoms with Gasteiger partial charge in [0.25, 0.3) is 0 Å². The number of ether oxygens (including phenoxy) is 2. The van der Waals surface area contributed by atoms with Gasteiger partial charge in [0.05, 0.1) is 6.61 Å². The summed E-state index contributed by atoms with van der Waals surface area (Å²) in [5, 5.41) is 0. The van der Waals surface area contributed by atoms with Crippen LogP contribution in [0.2, 0.25) is 0 Å². The van der Waals surface area contributed by atoms with Gasteiger partial charge in [-0.15, -0.1) is 0 Å². The van der Waals surface area contributed by atoms with Crippen molar-refractivity contribution in [3.05, 3.63) is 23.3 Å². The molecule has 0 aromatic heterocycles. The minimum atomic E-state index is -0.962. The smallest absolute Gasteiger partial charge is 0.167 e. The quantitative estimate of drug-likeness (QED) is 0.793. The van der Waals surface area contributed by atoms with Crippen molar-refractivity contribution in [2.45, 2.75) is 6.42 Å². The molecule has 0 fully saturated rings. The van der Waals surface area contributed by atoms with Crippen molar-refractivity contribution in [3.63, 3.8) is 0 Å². The molecular weight excluding hydrogens is 220 g/mol. The minimum absolute atomic E-state index is 0.0795. The van der Waals surface area contributed by atoms with Gasteiger partial charge in [-0.25, -0.2) is 14.7 Å². The van der Waals surface area contributed by atoms with E-state index < -0.39 is 11.6 Å². The topological polar surface area (TPSA) is 53.7 Å². The van der Waals surface area contributed by atoms with Gasteiger partial charge in [-0.05, 0) is 0 Å². The van der Waals surface area contributed by atoms with Crippen molar-refractivity contribution in [2.75, 3.05) is 19.8 Å². The van der Waals surface area contributed by atoms with Crippen molar-refractivity contribution >= 4 is 0 Å². The molecule has 0 spiro atoms. The number of rotatable bonds is 3. The normalized spacial score (nSPS) is 13.9. The molecule has 1 heterocycles. The molecule has 0 unspecified atom stereocenters. The maximum atomic E-state index is 13.5. The second-order valence-electron chi connectivity index (χ2n) is 3.30. The molecule has 1 aromatic rings. The highest BCUT2D eigenvalue weighted by Crippen LogP contribution is 2.37. The van der Waals surface area contributed by atoms with Gasteiger partial charge in [0, 0.05) is 18.1 Å². The van der Waals surface area contributed by atoms with E-state index in [4.69, 9.17) is 15.4 Å². The van der Waals surface area contributed by atoms with Crippen LogP contribution in [0.4, 0.5) is 8.78 Å². The van der Waals surface area contributed by atoms with Crippen molar-refractivity contribution in [1.82, 2.24) is 0 Å².